The molecule has 1 fully saturated rings. The summed E-state index contributed by atoms with van der Waals surface area (Å²) in [7, 11) is 0. The summed E-state index contributed by atoms with van der Waals surface area (Å²) in [6, 6.07) is 14.9. The number of allylic oxidation sites excluding steroid dienone is 1. The number of ether oxygens (including phenoxy) is 3. The topological polar surface area (TPSA) is 126 Å². The highest BCUT2D eigenvalue weighted by atomic mass is 19.1. The van der Waals surface area contributed by atoms with Crippen molar-refractivity contribution in [3.05, 3.63) is 76.9 Å². The number of hydrogen-bond donors (Lipinski definition) is 2. The van der Waals surface area contributed by atoms with E-state index in [1.54, 1.807) is 41.3 Å². The van der Waals surface area contributed by atoms with E-state index in [-0.39, 0.29) is 23.2 Å². The number of hydrogen-bond acceptors (Lipinski definition) is 7. The summed E-state index contributed by atoms with van der Waals surface area (Å²) in [6.07, 6.45) is -0.445. The van der Waals surface area contributed by atoms with Crippen LogP contribution in [0.25, 0.3) is 11.3 Å². The maximum absolute atomic E-state index is 13.5. The molecule has 0 aliphatic carbocycles. The molecule has 3 aromatic rings. The normalized spacial score (nSPS) is 17.5. The molecule has 3 N–H and O–H groups in total. The van der Waals surface area contributed by atoms with Crippen molar-refractivity contribution in [3.63, 3.8) is 0 Å². The number of amides is 1. The maximum atomic E-state index is 13.5. The first-order valence-electron chi connectivity index (χ1n) is 10.6. The molecule has 0 saturated carbocycles. The predicted octanol–water partition coefficient (Wildman–Crippen LogP) is 3.26. The van der Waals surface area contributed by atoms with Gasteiger partial charge in [0.05, 0.1) is 30.4 Å². The molecule has 1 amide bonds. The molecule has 2 aliphatic heterocycles. The number of carbonyl (C=O) groups excluding carboxylic acids is 1. The summed E-state index contributed by atoms with van der Waals surface area (Å²) < 4.78 is 29.8. The van der Waals surface area contributed by atoms with Crippen molar-refractivity contribution in [2.45, 2.75) is 5.92 Å². The number of aromatic nitrogens is 2. The molecule has 172 valence electrons. The van der Waals surface area contributed by atoms with E-state index in [1.807, 2.05) is 0 Å². The molecule has 0 bridgehead atoms. The minimum atomic E-state index is -0.587. The van der Waals surface area contributed by atoms with Crippen molar-refractivity contribution in [1.82, 2.24) is 15.1 Å². The molecule has 0 spiro atoms. The van der Waals surface area contributed by atoms with Gasteiger partial charge in [-0.15, -0.1) is 5.10 Å². The molecule has 3 heterocycles. The zero-order valence-corrected chi connectivity index (χ0v) is 18.0. The number of carbonyl (C=O) groups is 1. The van der Waals surface area contributed by atoms with Crippen molar-refractivity contribution >= 4 is 6.09 Å². The lowest BCUT2D eigenvalue weighted by Gasteiger charge is -2.26. The van der Waals surface area contributed by atoms with Crippen LogP contribution in [0.15, 0.2) is 60.0 Å². The minimum Gasteiger partial charge on any atom is -0.420 e. The Bertz CT molecular complexity index is 1290. The lowest BCUT2D eigenvalue weighted by atomic mass is 9.83. The van der Waals surface area contributed by atoms with Crippen molar-refractivity contribution < 1.29 is 23.4 Å². The van der Waals surface area contributed by atoms with Gasteiger partial charge in [-0.05, 0) is 42.0 Å². The van der Waals surface area contributed by atoms with Crippen LogP contribution in [0.2, 0.25) is 0 Å². The smallest absolute Gasteiger partial charge is 0.415 e. The number of nitriles is 1. The van der Waals surface area contributed by atoms with E-state index in [2.05, 4.69) is 16.3 Å². The Labute approximate surface area is 194 Å². The van der Waals surface area contributed by atoms with Crippen LogP contribution < -0.4 is 15.2 Å². The van der Waals surface area contributed by atoms with Crippen LogP contribution >= 0.6 is 0 Å². The number of halogens is 1. The monoisotopic (exact) mass is 461 g/mol. The van der Waals surface area contributed by atoms with Gasteiger partial charge in [-0.2, -0.15) is 5.26 Å². The van der Waals surface area contributed by atoms with Gasteiger partial charge in [0.1, 0.15) is 23.2 Å². The number of aromatic amines is 1. The van der Waals surface area contributed by atoms with Crippen molar-refractivity contribution in [2.75, 3.05) is 26.3 Å². The van der Waals surface area contributed by atoms with E-state index in [1.165, 1.54) is 12.1 Å². The van der Waals surface area contributed by atoms with Gasteiger partial charge in [0.15, 0.2) is 0 Å². The molecule has 9 nitrogen and oxygen atoms in total. The Hall–Kier alpha value is -4.36. The van der Waals surface area contributed by atoms with Crippen LogP contribution in [0.5, 0.6) is 11.6 Å². The molecular weight excluding hydrogens is 441 g/mol. The average molecular weight is 461 g/mol. The fourth-order valence-electron chi connectivity index (χ4n) is 4.05. The van der Waals surface area contributed by atoms with Gasteiger partial charge in [-0.3, -0.25) is 5.10 Å². The Kier molecular flexibility index (Phi) is 5.61. The summed E-state index contributed by atoms with van der Waals surface area (Å²) in [6.45, 7) is 1.91. The number of fused-ring (bicyclic) bond motifs is 1. The second-order valence-electron chi connectivity index (χ2n) is 7.79. The highest BCUT2D eigenvalue weighted by molar-refractivity contribution is 5.72. The molecule has 1 saturated heterocycles. The third-order valence-corrected chi connectivity index (χ3v) is 5.76. The standard InChI is InChI=1S/C24H20FN5O4/c25-16-5-1-15(2-6-16)21-20-19(18(13-26)22(27)34-23(20)29-28-21)14-3-7-17(8-4-14)33-24(31)30-9-11-32-12-10-30/h1-8,19H,9-12,27H2,(H,28,29)/t19-/m0/s1. The third-order valence-electron chi connectivity index (χ3n) is 5.76. The Morgan fingerprint density at radius 3 is 2.56 bits per heavy atom. The average Bonchev–Trinajstić information content (AvgIpc) is 3.28. The van der Waals surface area contributed by atoms with Gasteiger partial charge < -0.3 is 24.8 Å². The van der Waals surface area contributed by atoms with Gasteiger partial charge in [0, 0.05) is 18.7 Å². The highest BCUT2D eigenvalue weighted by Crippen LogP contribution is 2.45. The van der Waals surface area contributed by atoms with E-state index in [4.69, 9.17) is 19.9 Å². The van der Waals surface area contributed by atoms with Crippen molar-refractivity contribution in [3.8, 4) is 29.0 Å². The second kappa shape index (κ2) is 8.88. The number of nitrogens with one attached hydrogen (secondary N) is 1. The third kappa shape index (κ3) is 3.93. The van der Waals surface area contributed by atoms with Gasteiger partial charge >= 0.3 is 6.09 Å². The van der Waals surface area contributed by atoms with E-state index < -0.39 is 12.0 Å². The van der Waals surface area contributed by atoms with E-state index in [9.17, 15) is 14.4 Å². The van der Waals surface area contributed by atoms with Gasteiger partial charge in [0.2, 0.25) is 11.8 Å². The largest absolute Gasteiger partial charge is 0.420 e. The molecule has 2 aromatic carbocycles. The molecule has 1 aromatic heterocycles. The number of nitrogens with zero attached hydrogens (tertiary/aromatic N) is 3. The number of benzene rings is 2. The SMILES string of the molecule is N#CC1=C(N)Oc2n[nH]c(-c3ccc(F)cc3)c2[C@H]1c1ccc(OC(=O)N2CCOCC2)cc1. The Balaban J connectivity index is 1.48. The summed E-state index contributed by atoms with van der Waals surface area (Å²) in [5, 5.41) is 17.0. The Morgan fingerprint density at radius 1 is 1.18 bits per heavy atom. The van der Waals surface area contributed by atoms with E-state index in [0.717, 1.165) is 5.56 Å². The molecular formula is C24H20FN5O4. The highest BCUT2D eigenvalue weighted by Gasteiger charge is 2.35. The first-order chi connectivity index (χ1) is 16.5. The molecule has 1 atom stereocenters. The first-order valence-corrected chi connectivity index (χ1v) is 10.6. The van der Waals surface area contributed by atoms with Crippen LogP contribution in [0.3, 0.4) is 0 Å². The van der Waals surface area contributed by atoms with E-state index >= 15 is 0 Å². The molecule has 0 radical (unpaired) electrons. The second-order valence-corrected chi connectivity index (χ2v) is 7.79. The van der Waals surface area contributed by atoms with E-state index in [0.29, 0.717) is 48.9 Å². The summed E-state index contributed by atoms with van der Waals surface area (Å²) >= 11 is 0. The molecule has 5 rings (SSSR count). The minimum absolute atomic E-state index is 0.0417. The van der Waals surface area contributed by atoms with Gasteiger partial charge in [-0.1, -0.05) is 12.1 Å². The van der Waals surface area contributed by atoms with Gasteiger partial charge in [0.25, 0.3) is 0 Å². The van der Waals surface area contributed by atoms with Crippen LogP contribution in [-0.2, 0) is 4.74 Å². The van der Waals surface area contributed by atoms with Crippen molar-refractivity contribution in [2.24, 2.45) is 5.73 Å². The zero-order chi connectivity index (χ0) is 23.7. The maximum Gasteiger partial charge on any atom is 0.415 e. The summed E-state index contributed by atoms with van der Waals surface area (Å²) in [5.41, 5.74) is 8.84. The van der Waals surface area contributed by atoms with Crippen LogP contribution in [0.4, 0.5) is 9.18 Å². The van der Waals surface area contributed by atoms with Crippen LogP contribution in [0.1, 0.15) is 17.0 Å². The van der Waals surface area contributed by atoms with Crippen LogP contribution in [-0.4, -0.2) is 47.5 Å². The number of nitrogens with two attached hydrogens (primary N) is 1. The molecule has 10 heteroatoms. The zero-order valence-electron chi connectivity index (χ0n) is 18.0. The van der Waals surface area contributed by atoms with Gasteiger partial charge in [-0.25, -0.2) is 9.18 Å². The lowest BCUT2D eigenvalue weighted by Crippen LogP contribution is -2.42. The number of rotatable bonds is 3. The lowest BCUT2D eigenvalue weighted by molar-refractivity contribution is 0.0416. The molecule has 34 heavy (non-hydrogen) atoms. The number of H-pyrrole nitrogens is 1. The van der Waals surface area contributed by atoms with Crippen LogP contribution in [0, 0.1) is 17.1 Å². The fraction of sp³-hybridized carbons (Fsp3) is 0.208. The number of morpholine rings is 1. The first kappa shape index (κ1) is 21.5. The molecule has 0 unspecified atom stereocenters. The Morgan fingerprint density at radius 2 is 1.88 bits per heavy atom. The quantitative estimate of drug-likeness (QED) is 0.613. The molecule has 2 aliphatic rings. The fourth-order valence-corrected chi connectivity index (χ4v) is 4.05. The summed E-state index contributed by atoms with van der Waals surface area (Å²) in [4.78, 5) is 14.0. The van der Waals surface area contributed by atoms with Crippen molar-refractivity contribution in [1.29, 1.82) is 5.26 Å². The predicted molar refractivity (Wildman–Crippen MR) is 118 cm³/mol. The summed E-state index contributed by atoms with van der Waals surface area (Å²) in [5.74, 6) is -0.386.